The van der Waals surface area contributed by atoms with Crippen LogP contribution in [0.1, 0.15) is 20.8 Å². The van der Waals surface area contributed by atoms with Gasteiger partial charge in [0.05, 0.1) is 0 Å². The molecular weight excluding hydrogens is 130 g/mol. The first kappa shape index (κ1) is 12.1. The third kappa shape index (κ3) is 15.7. The van der Waals surface area contributed by atoms with Gasteiger partial charge in [0.25, 0.3) is 0 Å². The maximum Gasteiger partial charge on any atom is 0.216 e. The average Bonchev–Trinajstić information content (AvgIpc) is 1.92. The Morgan fingerprint density at radius 2 is 1.90 bits per heavy atom. The quantitative estimate of drug-likeness (QED) is 0.289. The molecule has 4 nitrogen and oxygen atoms in total. The smallest absolute Gasteiger partial charge is 0.216 e. The number of rotatable bonds is 3. The van der Waals surface area contributed by atoms with Gasteiger partial charge in [-0.1, -0.05) is 13.8 Å². The van der Waals surface area contributed by atoms with E-state index in [1.807, 2.05) is 13.8 Å². The van der Waals surface area contributed by atoms with E-state index in [0.717, 1.165) is 0 Å². The van der Waals surface area contributed by atoms with Crippen LogP contribution in [-0.4, -0.2) is 19.0 Å². The van der Waals surface area contributed by atoms with Gasteiger partial charge in [-0.2, -0.15) is 0 Å². The second-order valence-electron chi connectivity index (χ2n) is 1.44. The fourth-order valence-corrected chi connectivity index (χ4v) is 0.311. The van der Waals surface area contributed by atoms with E-state index in [1.165, 1.54) is 6.92 Å². The molecule has 0 bridgehead atoms. The summed E-state index contributed by atoms with van der Waals surface area (Å²) in [5.41, 5.74) is 2.41. The molecule has 0 aliphatic rings. The van der Waals surface area contributed by atoms with Gasteiger partial charge in [0.2, 0.25) is 5.91 Å². The first-order valence-electron chi connectivity index (χ1n) is 3.45. The lowest BCUT2D eigenvalue weighted by Crippen LogP contribution is -2.33. The number of hydrogen-bond acceptors (Lipinski definition) is 3. The lowest BCUT2D eigenvalue weighted by molar-refractivity contribution is -0.118. The van der Waals surface area contributed by atoms with E-state index >= 15 is 0 Å². The second-order valence-corrected chi connectivity index (χ2v) is 1.44. The summed E-state index contributed by atoms with van der Waals surface area (Å²) in [6.45, 7) is 6.67. The van der Waals surface area contributed by atoms with Crippen molar-refractivity contribution in [3.63, 3.8) is 0 Å². The molecule has 0 aromatic heterocycles. The van der Waals surface area contributed by atoms with Crippen LogP contribution in [0.2, 0.25) is 0 Å². The Morgan fingerprint density at radius 3 is 2.20 bits per heavy atom. The molecule has 0 aliphatic heterocycles. The van der Waals surface area contributed by atoms with Crippen molar-refractivity contribution in [2.45, 2.75) is 20.8 Å². The Hall–Kier alpha value is -0.610. The fourth-order valence-electron chi connectivity index (χ4n) is 0.311. The topological polar surface area (TPSA) is 67.2 Å². The van der Waals surface area contributed by atoms with E-state index in [0.29, 0.717) is 13.1 Å². The Kier molecular flexibility index (Phi) is 13.6. The maximum atomic E-state index is 10.1. The standard InChI is InChI=1S/C4H11N3O.C2H6/c1-4(8)6-2-3-7-5;1-2/h7H,2-3,5H2,1H3,(H,6,8);1-2H3. The first-order valence-corrected chi connectivity index (χ1v) is 3.45. The molecule has 0 heterocycles. The van der Waals surface area contributed by atoms with Gasteiger partial charge >= 0.3 is 0 Å². The molecule has 0 aromatic carbocycles. The van der Waals surface area contributed by atoms with Crippen LogP contribution in [0.3, 0.4) is 0 Å². The highest BCUT2D eigenvalue weighted by atomic mass is 16.1. The normalized spacial score (nSPS) is 7.60. The lowest BCUT2D eigenvalue weighted by Gasteiger charge is -1.97. The number of carbonyl (C=O) groups is 1. The predicted octanol–water partition coefficient (Wildman–Crippen LogP) is -0.388. The van der Waals surface area contributed by atoms with Crippen LogP contribution in [0.5, 0.6) is 0 Å². The zero-order chi connectivity index (χ0) is 8.41. The Balaban J connectivity index is 0. The highest BCUT2D eigenvalue weighted by Gasteiger charge is 1.85. The van der Waals surface area contributed by atoms with Crippen molar-refractivity contribution < 1.29 is 4.79 Å². The van der Waals surface area contributed by atoms with E-state index in [9.17, 15) is 4.79 Å². The number of nitrogens with one attached hydrogen (secondary N) is 2. The molecule has 1 amide bonds. The van der Waals surface area contributed by atoms with Gasteiger partial charge in [-0.15, -0.1) is 0 Å². The van der Waals surface area contributed by atoms with Crippen LogP contribution in [0.15, 0.2) is 0 Å². The van der Waals surface area contributed by atoms with Gasteiger partial charge < -0.3 is 5.32 Å². The van der Waals surface area contributed by atoms with Gasteiger partial charge in [0, 0.05) is 20.0 Å². The summed E-state index contributed by atoms with van der Waals surface area (Å²) in [7, 11) is 0. The van der Waals surface area contributed by atoms with Crippen LogP contribution < -0.4 is 16.6 Å². The van der Waals surface area contributed by atoms with Crippen LogP contribution in [-0.2, 0) is 4.79 Å². The molecule has 0 rings (SSSR count). The van der Waals surface area contributed by atoms with Crippen molar-refractivity contribution in [2.24, 2.45) is 5.84 Å². The average molecular weight is 147 g/mol. The van der Waals surface area contributed by atoms with Crippen molar-refractivity contribution in [2.75, 3.05) is 13.1 Å². The third-order valence-electron chi connectivity index (χ3n) is 0.643. The highest BCUT2D eigenvalue weighted by Crippen LogP contribution is 1.56. The van der Waals surface area contributed by atoms with E-state index in [-0.39, 0.29) is 5.91 Å². The highest BCUT2D eigenvalue weighted by molar-refractivity contribution is 5.72. The summed E-state index contributed by atoms with van der Waals surface area (Å²) in [5, 5.41) is 2.56. The molecule has 0 aromatic rings. The van der Waals surface area contributed by atoms with E-state index in [2.05, 4.69) is 10.7 Å². The van der Waals surface area contributed by atoms with Gasteiger partial charge in [-0.3, -0.25) is 16.1 Å². The van der Waals surface area contributed by atoms with Crippen molar-refractivity contribution in [1.82, 2.24) is 10.7 Å². The zero-order valence-electron chi connectivity index (χ0n) is 6.90. The maximum absolute atomic E-state index is 10.1. The zero-order valence-corrected chi connectivity index (χ0v) is 6.90. The number of hydrazine groups is 1. The van der Waals surface area contributed by atoms with Crippen molar-refractivity contribution >= 4 is 5.91 Å². The van der Waals surface area contributed by atoms with Gasteiger partial charge in [-0.05, 0) is 0 Å². The van der Waals surface area contributed by atoms with Gasteiger partial charge in [0.1, 0.15) is 0 Å². The Labute approximate surface area is 62.1 Å². The molecular formula is C6H17N3O. The second kappa shape index (κ2) is 11.2. The molecule has 0 spiro atoms. The predicted molar refractivity (Wildman–Crippen MR) is 42.2 cm³/mol. The van der Waals surface area contributed by atoms with Crippen molar-refractivity contribution in [3.05, 3.63) is 0 Å². The molecule has 0 atom stereocenters. The molecule has 62 valence electrons. The summed E-state index contributed by atoms with van der Waals surface area (Å²) < 4.78 is 0. The van der Waals surface area contributed by atoms with Crippen LogP contribution in [0.4, 0.5) is 0 Å². The Morgan fingerprint density at radius 1 is 1.40 bits per heavy atom. The summed E-state index contributed by atoms with van der Waals surface area (Å²) in [5.74, 6) is 4.89. The minimum Gasteiger partial charge on any atom is -0.355 e. The summed E-state index contributed by atoms with van der Waals surface area (Å²) >= 11 is 0. The summed E-state index contributed by atoms with van der Waals surface area (Å²) in [6.07, 6.45) is 0. The van der Waals surface area contributed by atoms with Crippen molar-refractivity contribution in [3.8, 4) is 0 Å². The monoisotopic (exact) mass is 147 g/mol. The van der Waals surface area contributed by atoms with Crippen molar-refractivity contribution in [1.29, 1.82) is 0 Å². The molecule has 0 fully saturated rings. The Bertz CT molecular complexity index is 75.4. The molecule has 4 N–H and O–H groups in total. The SMILES string of the molecule is CC.CC(=O)NCCNN. The summed E-state index contributed by atoms with van der Waals surface area (Å²) in [4.78, 5) is 10.1. The molecule has 0 saturated heterocycles. The molecule has 10 heavy (non-hydrogen) atoms. The molecule has 4 heteroatoms. The minimum atomic E-state index is -0.0275. The van der Waals surface area contributed by atoms with Crippen LogP contribution in [0.25, 0.3) is 0 Å². The fraction of sp³-hybridized carbons (Fsp3) is 0.833. The van der Waals surface area contributed by atoms with E-state index in [4.69, 9.17) is 5.84 Å². The summed E-state index contributed by atoms with van der Waals surface area (Å²) in [6, 6.07) is 0. The van der Waals surface area contributed by atoms with Crippen LogP contribution >= 0.6 is 0 Å². The van der Waals surface area contributed by atoms with E-state index < -0.39 is 0 Å². The van der Waals surface area contributed by atoms with Crippen LogP contribution in [0, 0.1) is 0 Å². The molecule has 0 aliphatic carbocycles. The minimum absolute atomic E-state index is 0.0275. The molecule has 0 saturated carbocycles. The molecule has 0 unspecified atom stereocenters. The number of nitrogens with two attached hydrogens (primary N) is 1. The van der Waals surface area contributed by atoms with Gasteiger partial charge in [0.15, 0.2) is 0 Å². The number of amides is 1. The largest absolute Gasteiger partial charge is 0.355 e. The third-order valence-corrected chi connectivity index (χ3v) is 0.643. The first-order chi connectivity index (χ1) is 4.77. The number of hydrogen-bond donors (Lipinski definition) is 3. The number of carbonyl (C=O) groups excluding carboxylic acids is 1. The van der Waals surface area contributed by atoms with E-state index in [1.54, 1.807) is 0 Å². The lowest BCUT2D eigenvalue weighted by atomic mass is 10.6. The van der Waals surface area contributed by atoms with Gasteiger partial charge in [-0.25, -0.2) is 0 Å². The molecule has 0 radical (unpaired) electrons.